The number of carbonyl (C=O) groups is 2. The molecule has 3 amide bonds. The molecule has 3 N–H and O–H groups in total. The van der Waals surface area contributed by atoms with Gasteiger partial charge in [-0.2, -0.15) is 0 Å². The van der Waals surface area contributed by atoms with Gasteiger partial charge in [0, 0.05) is 12.6 Å². The Balaban J connectivity index is 1.77. The highest BCUT2D eigenvalue weighted by atomic mass is 16.2. The summed E-state index contributed by atoms with van der Waals surface area (Å²) in [5.41, 5.74) is 0. The number of hydrogen-bond donors (Lipinski definition) is 3. The van der Waals surface area contributed by atoms with Crippen molar-refractivity contribution in [1.29, 1.82) is 0 Å². The first-order chi connectivity index (χ1) is 9.51. The van der Waals surface area contributed by atoms with E-state index < -0.39 is 6.03 Å². The summed E-state index contributed by atoms with van der Waals surface area (Å²) in [6.07, 6.45) is 5.40. The molecule has 0 aromatic heterocycles. The van der Waals surface area contributed by atoms with Gasteiger partial charge in [-0.1, -0.05) is 6.42 Å². The number of urea groups is 1. The molecule has 114 valence electrons. The van der Waals surface area contributed by atoms with Crippen LogP contribution in [0.25, 0.3) is 0 Å². The van der Waals surface area contributed by atoms with Crippen molar-refractivity contribution in [3.05, 3.63) is 0 Å². The average molecular weight is 281 g/mol. The van der Waals surface area contributed by atoms with E-state index in [4.69, 9.17) is 0 Å². The minimum Gasteiger partial charge on any atom is -0.338 e. The van der Waals surface area contributed by atoms with Gasteiger partial charge in [-0.25, -0.2) is 4.79 Å². The smallest absolute Gasteiger partial charge is 0.321 e. The highest BCUT2D eigenvalue weighted by molar-refractivity contribution is 5.96. The molecule has 2 bridgehead atoms. The number of rotatable bonds is 5. The Morgan fingerprint density at radius 1 is 1.20 bits per heavy atom. The van der Waals surface area contributed by atoms with Gasteiger partial charge < -0.3 is 10.6 Å². The fraction of sp³-hybridized carbons (Fsp3) is 0.867. The molecule has 5 unspecified atom stereocenters. The second-order valence-electron chi connectivity index (χ2n) is 6.36. The van der Waals surface area contributed by atoms with Crippen molar-refractivity contribution in [1.82, 2.24) is 16.0 Å². The molecule has 2 aliphatic carbocycles. The van der Waals surface area contributed by atoms with Crippen molar-refractivity contribution in [3.8, 4) is 0 Å². The largest absolute Gasteiger partial charge is 0.338 e. The summed E-state index contributed by atoms with van der Waals surface area (Å²) in [5, 5.41) is 8.28. The molecule has 20 heavy (non-hydrogen) atoms. The van der Waals surface area contributed by atoms with Crippen LogP contribution in [0.4, 0.5) is 4.79 Å². The van der Waals surface area contributed by atoms with Crippen LogP contribution >= 0.6 is 0 Å². The number of imide groups is 1. The second-order valence-corrected chi connectivity index (χ2v) is 6.36. The van der Waals surface area contributed by atoms with Crippen molar-refractivity contribution >= 4 is 11.9 Å². The predicted octanol–water partition coefficient (Wildman–Crippen LogP) is 1.63. The van der Waals surface area contributed by atoms with Crippen LogP contribution in [0.5, 0.6) is 0 Å². The molecule has 0 spiro atoms. The maximum absolute atomic E-state index is 11.9. The highest BCUT2D eigenvalue weighted by Crippen LogP contribution is 2.49. The minimum absolute atomic E-state index is 0.258. The molecule has 5 atom stereocenters. The Morgan fingerprint density at radius 3 is 2.50 bits per heavy atom. The first-order valence-corrected chi connectivity index (χ1v) is 7.86. The quantitative estimate of drug-likeness (QED) is 0.717. The number of amides is 3. The summed E-state index contributed by atoms with van der Waals surface area (Å²) in [4.78, 5) is 23.2. The Bertz CT molecular complexity index is 372. The molecule has 0 aromatic rings. The first kappa shape index (κ1) is 15.3. The van der Waals surface area contributed by atoms with Crippen molar-refractivity contribution in [2.45, 2.75) is 58.5 Å². The van der Waals surface area contributed by atoms with E-state index in [1.54, 1.807) is 0 Å². The number of nitrogens with one attached hydrogen (secondary N) is 3. The summed E-state index contributed by atoms with van der Waals surface area (Å²) < 4.78 is 0. The van der Waals surface area contributed by atoms with Crippen LogP contribution in [0.1, 0.15) is 46.5 Å². The first-order valence-electron chi connectivity index (χ1n) is 7.86. The van der Waals surface area contributed by atoms with Gasteiger partial charge in [0.2, 0.25) is 5.91 Å². The van der Waals surface area contributed by atoms with Crippen LogP contribution in [0.15, 0.2) is 0 Å². The molecule has 2 saturated carbocycles. The van der Waals surface area contributed by atoms with Crippen LogP contribution in [0.2, 0.25) is 0 Å². The highest BCUT2D eigenvalue weighted by Gasteiger charge is 2.42. The number of hydrogen-bond acceptors (Lipinski definition) is 3. The van der Waals surface area contributed by atoms with Gasteiger partial charge in [-0.3, -0.25) is 10.1 Å². The van der Waals surface area contributed by atoms with Crippen molar-refractivity contribution in [2.75, 3.05) is 6.54 Å². The van der Waals surface area contributed by atoms with Gasteiger partial charge in [0.05, 0.1) is 6.04 Å². The zero-order valence-corrected chi connectivity index (χ0v) is 12.7. The van der Waals surface area contributed by atoms with Crippen molar-refractivity contribution in [3.63, 3.8) is 0 Å². The summed E-state index contributed by atoms with van der Waals surface area (Å²) in [7, 11) is 0. The van der Waals surface area contributed by atoms with Gasteiger partial charge in [-0.15, -0.1) is 0 Å². The molecule has 2 fully saturated rings. The van der Waals surface area contributed by atoms with Gasteiger partial charge in [0.1, 0.15) is 0 Å². The summed E-state index contributed by atoms with van der Waals surface area (Å²) in [6, 6.07) is -0.425. The van der Waals surface area contributed by atoms with Crippen LogP contribution in [0, 0.1) is 17.8 Å². The van der Waals surface area contributed by atoms with Gasteiger partial charge in [-0.05, 0) is 57.8 Å². The summed E-state index contributed by atoms with van der Waals surface area (Å²) >= 11 is 0. The van der Waals surface area contributed by atoms with Crippen LogP contribution < -0.4 is 16.0 Å². The maximum Gasteiger partial charge on any atom is 0.321 e. The van der Waals surface area contributed by atoms with E-state index in [2.05, 4.69) is 22.9 Å². The van der Waals surface area contributed by atoms with E-state index >= 15 is 0 Å². The molecule has 0 heterocycles. The minimum atomic E-state index is -0.418. The molecule has 5 heteroatoms. The van der Waals surface area contributed by atoms with E-state index in [9.17, 15) is 9.59 Å². The molecule has 0 aromatic carbocycles. The molecular formula is C15H27N3O2. The third-order valence-corrected chi connectivity index (χ3v) is 4.92. The van der Waals surface area contributed by atoms with Crippen molar-refractivity contribution in [2.24, 2.45) is 17.8 Å². The van der Waals surface area contributed by atoms with E-state index in [0.717, 1.165) is 11.8 Å². The Labute approximate surface area is 121 Å². The molecule has 5 nitrogen and oxygen atoms in total. The van der Waals surface area contributed by atoms with Gasteiger partial charge in [0.15, 0.2) is 0 Å². The Kier molecular flexibility index (Phi) is 5.02. The molecule has 2 aliphatic rings. The summed E-state index contributed by atoms with van der Waals surface area (Å²) in [5.74, 6) is 2.18. The zero-order valence-electron chi connectivity index (χ0n) is 12.7. The number of fused-ring (bicyclic) bond motifs is 2. The Hall–Kier alpha value is -1.10. The molecule has 0 aliphatic heterocycles. The van der Waals surface area contributed by atoms with Gasteiger partial charge >= 0.3 is 6.03 Å². The third-order valence-electron chi connectivity index (χ3n) is 4.92. The van der Waals surface area contributed by atoms with Crippen LogP contribution in [-0.2, 0) is 4.79 Å². The Morgan fingerprint density at radius 2 is 1.95 bits per heavy atom. The lowest BCUT2D eigenvalue weighted by molar-refractivity contribution is -0.121. The molecule has 2 rings (SSSR count). The predicted molar refractivity (Wildman–Crippen MR) is 78.2 cm³/mol. The lowest BCUT2D eigenvalue weighted by atomic mass is 9.84. The van der Waals surface area contributed by atoms with Crippen molar-refractivity contribution < 1.29 is 9.59 Å². The molecule has 0 radical (unpaired) electrons. The normalized spacial score (nSPS) is 30.9. The van der Waals surface area contributed by atoms with E-state index in [-0.39, 0.29) is 11.9 Å². The topological polar surface area (TPSA) is 70.2 Å². The molecular weight excluding hydrogens is 254 g/mol. The van der Waals surface area contributed by atoms with E-state index in [0.29, 0.717) is 18.5 Å². The third kappa shape index (κ3) is 3.51. The standard InChI is InChI=1S/C15H27N3O2/c1-4-16-15(20)18-14(19)10(3)17-9(2)13-8-11-5-6-12(13)7-11/h9-13,17H,4-8H2,1-3H3,(H2,16,18,19,20). The monoisotopic (exact) mass is 281 g/mol. The zero-order chi connectivity index (χ0) is 14.7. The fourth-order valence-electron chi connectivity index (χ4n) is 3.92. The van der Waals surface area contributed by atoms with E-state index in [1.807, 2.05) is 13.8 Å². The summed E-state index contributed by atoms with van der Waals surface area (Å²) in [6.45, 7) is 6.32. The van der Waals surface area contributed by atoms with Crippen LogP contribution in [-0.4, -0.2) is 30.6 Å². The lowest BCUT2D eigenvalue weighted by Gasteiger charge is -2.30. The molecule has 0 saturated heterocycles. The fourth-order valence-corrected chi connectivity index (χ4v) is 3.92. The SMILES string of the molecule is CCNC(=O)NC(=O)C(C)NC(C)C1CC2CCC1C2. The van der Waals surface area contributed by atoms with Crippen LogP contribution in [0.3, 0.4) is 0 Å². The van der Waals surface area contributed by atoms with E-state index in [1.165, 1.54) is 25.7 Å². The lowest BCUT2D eigenvalue weighted by Crippen LogP contribution is -2.51. The second kappa shape index (κ2) is 6.57. The maximum atomic E-state index is 11.9. The average Bonchev–Trinajstić information content (AvgIpc) is 3.00. The number of carbonyl (C=O) groups excluding carboxylic acids is 2. The van der Waals surface area contributed by atoms with Gasteiger partial charge in [0.25, 0.3) is 0 Å².